The molecule has 1 heterocycles. The van der Waals surface area contributed by atoms with Gasteiger partial charge in [-0.15, -0.1) is 11.6 Å². The first-order valence-corrected chi connectivity index (χ1v) is 6.49. The van der Waals surface area contributed by atoms with Crippen LogP contribution >= 0.6 is 11.6 Å². The van der Waals surface area contributed by atoms with Gasteiger partial charge in [-0.05, 0) is 31.0 Å². The summed E-state index contributed by atoms with van der Waals surface area (Å²) < 4.78 is 0. The van der Waals surface area contributed by atoms with E-state index >= 15 is 0 Å². The molecule has 2 rings (SSSR count). The highest BCUT2D eigenvalue weighted by molar-refractivity contribution is 6.18. The lowest BCUT2D eigenvalue weighted by Crippen LogP contribution is -2.34. The Labute approximate surface area is 113 Å². The predicted molar refractivity (Wildman–Crippen MR) is 77.1 cm³/mol. The molecule has 2 nitrogen and oxygen atoms in total. The first-order chi connectivity index (χ1) is 8.65. The molecule has 94 valence electrons. The summed E-state index contributed by atoms with van der Waals surface area (Å²) in [6.07, 6.45) is 3.64. The lowest BCUT2D eigenvalue weighted by atomic mass is 9.93. The molecule has 0 amide bonds. The van der Waals surface area contributed by atoms with Crippen molar-refractivity contribution in [3.63, 3.8) is 0 Å². The van der Waals surface area contributed by atoms with E-state index in [4.69, 9.17) is 11.6 Å². The molecule has 2 aromatic rings. The number of hydrogen-bond acceptors (Lipinski definition) is 2. The van der Waals surface area contributed by atoms with Crippen LogP contribution in [0.3, 0.4) is 0 Å². The van der Waals surface area contributed by atoms with Gasteiger partial charge in [0.25, 0.3) is 0 Å². The van der Waals surface area contributed by atoms with Crippen LogP contribution in [0.25, 0.3) is 0 Å². The molecule has 1 atom stereocenters. The van der Waals surface area contributed by atoms with Crippen molar-refractivity contribution in [2.24, 2.45) is 0 Å². The van der Waals surface area contributed by atoms with Crippen LogP contribution < -0.4 is 5.32 Å². The van der Waals surface area contributed by atoms with Crippen LogP contribution in [-0.2, 0) is 5.54 Å². The highest BCUT2D eigenvalue weighted by Gasteiger charge is 2.25. The molecule has 3 heteroatoms. The zero-order valence-electron chi connectivity index (χ0n) is 10.7. The number of halogens is 1. The minimum Gasteiger partial charge on any atom is -0.374 e. The molecule has 18 heavy (non-hydrogen) atoms. The number of alkyl halides is 1. The van der Waals surface area contributed by atoms with Crippen molar-refractivity contribution in [3.8, 4) is 0 Å². The van der Waals surface area contributed by atoms with Gasteiger partial charge in [0.2, 0.25) is 0 Å². The molecule has 0 aliphatic carbocycles. The summed E-state index contributed by atoms with van der Waals surface area (Å²) in [6.45, 7) is 4.14. The molecule has 0 spiro atoms. The number of benzene rings is 1. The van der Waals surface area contributed by atoms with Crippen molar-refractivity contribution in [3.05, 3.63) is 59.9 Å². The number of rotatable bonds is 4. The fourth-order valence-electron chi connectivity index (χ4n) is 1.90. The predicted octanol–water partition coefficient (Wildman–Crippen LogP) is 3.96. The van der Waals surface area contributed by atoms with Gasteiger partial charge < -0.3 is 5.32 Å². The fraction of sp³-hybridized carbons (Fsp3) is 0.267. The number of hydrogen-bond donors (Lipinski definition) is 1. The lowest BCUT2D eigenvalue weighted by Gasteiger charge is -2.31. The Hall–Kier alpha value is -1.54. The minimum atomic E-state index is -0.283. The third-order valence-electron chi connectivity index (χ3n) is 3.11. The van der Waals surface area contributed by atoms with E-state index in [2.05, 4.69) is 29.4 Å². The van der Waals surface area contributed by atoms with Gasteiger partial charge in [-0.3, -0.25) is 4.98 Å². The number of nitrogens with zero attached hydrogens (tertiary/aromatic N) is 1. The molecule has 0 aliphatic heterocycles. The topological polar surface area (TPSA) is 24.9 Å². The van der Waals surface area contributed by atoms with E-state index in [1.54, 1.807) is 6.20 Å². The average Bonchev–Trinajstić information content (AvgIpc) is 2.42. The summed E-state index contributed by atoms with van der Waals surface area (Å²) >= 11 is 6.17. The third kappa shape index (κ3) is 2.65. The largest absolute Gasteiger partial charge is 0.374 e. The summed E-state index contributed by atoms with van der Waals surface area (Å²) in [4.78, 5) is 4.10. The van der Waals surface area contributed by atoms with Gasteiger partial charge >= 0.3 is 0 Å². The van der Waals surface area contributed by atoms with E-state index in [9.17, 15) is 0 Å². The molecule has 0 saturated heterocycles. The maximum absolute atomic E-state index is 6.17. The smallest absolute Gasteiger partial charge is 0.0732 e. The maximum Gasteiger partial charge on any atom is 0.0732 e. The van der Waals surface area contributed by atoms with Gasteiger partial charge in [-0.2, -0.15) is 0 Å². The molecule has 1 aromatic carbocycles. The van der Waals surface area contributed by atoms with Crippen molar-refractivity contribution in [2.75, 3.05) is 11.2 Å². The summed E-state index contributed by atoms with van der Waals surface area (Å²) in [7, 11) is 0. The fourth-order valence-corrected chi connectivity index (χ4v) is 2.12. The second kappa shape index (κ2) is 5.40. The molecule has 0 fully saturated rings. The Kier molecular flexibility index (Phi) is 3.87. The average molecular weight is 261 g/mol. The second-order valence-corrected chi connectivity index (χ2v) is 4.91. The number of anilines is 1. The Balaban J connectivity index is 2.32. The van der Waals surface area contributed by atoms with E-state index in [0.29, 0.717) is 5.88 Å². The zero-order chi connectivity index (χ0) is 13.0. The summed E-state index contributed by atoms with van der Waals surface area (Å²) in [6, 6.07) is 12.2. The van der Waals surface area contributed by atoms with Gasteiger partial charge in [-0.1, -0.05) is 30.3 Å². The Morgan fingerprint density at radius 1 is 1.22 bits per heavy atom. The van der Waals surface area contributed by atoms with Crippen LogP contribution in [-0.4, -0.2) is 10.9 Å². The van der Waals surface area contributed by atoms with Crippen LogP contribution in [0.1, 0.15) is 18.1 Å². The number of nitrogens with one attached hydrogen (secondary N) is 1. The van der Waals surface area contributed by atoms with Crippen molar-refractivity contribution >= 4 is 17.3 Å². The van der Waals surface area contributed by atoms with Crippen LogP contribution in [0.4, 0.5) is 5.69 Å². The molecule has 1 unspecified atom stereocenters. The van der Waals surface area contributed by atoms with Gasteiger partial charge in [0, 0.05) is 24.0 Å². The lowest BCUT2D eigenvalue weighted by molar-refractivity contribution is 0.616. The van der Waals surface area contributed by atoms with E-state index in [-0.39, 0.29) is 5.54 Å². The first-order valence-electron chi connectivity index (χ1n) is 5.96. The summed E-state index contributed by atoms with van der Waals surface area (Å²) in [5.41, 5.74) is 3.08. The standard InChI is InChI=1S/C15H17ClN2/c1-12-10-17-9-8-14(12)18-15(2,11-16)13-6-4-3-5-7-13/h3-10H,11H2,1-2H3,(H,17,18). The number of pyridine rings is 1. The summed E-state index contributed by atoms with van der Waals surface area (Å²) in [5, 5.41) is 3.52. The monoisotopic (exact) mass is 260 g/mol. The van der Waals surface area contributed by atoms with Crippen LogP contribution in [0.15, 0.2) is 48.8 Å². The van der Waals surface area contributed by atoms with E-state index in [0.717, 1.165) is 11.3 Å². The van der Waals surface area contributed by atoms with Crippen molar-refractivity contribution < 1.29 is 0 Å². The minimum absolute atomic E-state index is 0.283. The van der Waals surface area contributed by atoms with Gasteiger partial charge in [0.15, 0.2) is 0 Å². The molecule has 0 bridgehead atoms. The van der Waals surface area contributed by atoms with Gasteiger partial charge in [0.1, 0.15) is 0 Å². The molecular weight excluding hydrogens is 244 g/mol. The molecule has 0 aliphatic rings. The highest BCUT2D eigenvalue weighted by Crippen LogP contribution is 2.28. The molecule has 0 saturated carbocycles. The Morgan fingerprint density at radius 3 is 2.56 bits per heavy atom. The SMILES string of the molecule is Cc1cnccc1NC(C)(CCl)c1ccccc1. The van der Waals surface area contributed by atoms with Crippen LogP contribution in [0.2, 0.25) is 0 Å². The number of aryl methyl sites for hydroxylation is 1. The van der Waals surface area contributed by atoms with Crippen LogP contribution in [0.5, 0.6) is 0 Å². The number of aromatic nitrogens is 1. The van der Waals surface area contributed by atoms with Crippen molar-refractivity contribution in [2.45, 2.75) is 19.4 Å². The zero-order valence-corrected chi connectivity index (χ0v) is 11.4. The quantitative estimate of drug-likeness (QED) is 0.842. The Morgan fingerprint density at radius 2 is 1.94 bits per heavy atom. The van der Waals surface area contributed by atoms with Crippen molar-refractivity contribution in [1.82, 2.24) is 4.98 Å². The molecule has 1 aromatic heterocycles. The van der Waals surface area contributed by atoms with Crippen molar-refractivity contribution in [1.29, 1.82) is 0 Å². The molecular formula is C15H17ClN2. The maximum atomic E-state index is 6.17. The van der Waals surface area contributed by atoms with E-state index in [1.165, 1.54) is 5.56 Å². The van der Waals surface area contributed by atoms with E-state index in [1.807, 2.05) is 37.4 Å². The Bertz CT molecular complexity index is 513. The molecule has 1 N–H and O–H groups in total. The van der Waals surface area contributed by atoms with Gasteiger partial charge in [0.05, 0.1) is 5.54 Å². The van der Waals surface area contributed by atoms with Crippen LogP contribution in [0, 0.1) is 6.92 Å². The third-order valence-corrected chi connectivity index (χ3v) is 3.64. The highest BCUT2D eigenvalue weighted by atomic mass is 35.5. The molecule has 0 radical (unpaired) electrons. The van der Waals surface area contributed by atoms with E-state index < -0.39 is 0 Å². The normalized spacial score (nSPS) is 13.9. The first kappa shape index (κ1) is 12.9. The summed E-state index contributed by atoms with van der Waals surface area (Å²) in [5.74, 6) is 0.499. The van der Waals surface area contributed by atoms with Gasteiger partial charge in [-0.25, -0.2) is 0 Å². The second-order valence-electron chi connectivity index (χ2n) is 4.65.